The Balaban J connectivity index is 1.67. The minimum absolute atomic E-state index is 0.266. The van der Waals surface area contributed by atoms with Crippen LogP contribution in [0.25, 0.3) is 0 Å². The van der Waals surface area contributed by atoms with E-state index in [0.29, 0.717) is 47.3 Å². The van der Waals surface area contributed by atoms with E-state index in [0.717, 1.165) is 15.6 Å². The number of rotatable bonds is 12. The number of nitrogens with zero attached hydrogens (tertiary/aromatic N) is 1. The number of hydrogen-bond donors (Lipinski definition) is 1. The fourth-order valence-corrected chi connectivity index (χ4v) is 3.95. The van der Waals surface area contributed by atoms with E-state index in [1.54, 1.807) is 43.5 Å². The van der Waals surface area contributed by atoms with Crippen molar-refractivity contribution in [2.75, 3.05) is 20.3 Å². The molecular weight excluding hydrogens is 578 g/mol. The maximum Gasteiger partial charge on any atom is 0.271 e. The number of methoxy groups -OCH3 is 1. The van der Waals surface area contributed by atoms with E-state index >= 15 is 0 Å². The summed E-state index contributed by atoms with van der Waals surface area (Å²) in [6.45, 7) is 5.17. The Labute approximate surface area is 223 Å². The third kappa shape index (κ3) is 7.58. The maximum atomic E-state index is 13.1. The van der Waals surface area contributed by atoms with Gasteiger partial charge in [0.05, 0.1) is 30.1 Å². The molecule has 0 aliphatic heterocycles. The molecule has 0 unspecified atom stereocenters. The van der Waals surface area contributed by atoms with Gasteiger partial charge in [-0.3, -0.25) is 4.79 Å². The molecule has 3 aromatic rings. The number of amides is 1. The van der Waals surface area contributed by atoms with Gasteiger partial charge in [0.25, 0.3) is 5.91 Å². The molecule has 1 amide bonds. The quantitative estimate of drug-likeness (QED) is 0.156. The lowest BCUT2D eigenvalue weighted by molar-refractivity contribution is 0.0954. The standard InChI is InChI=1S/C27H28FIN2O5/c1-4-12-35-23-11-8-20(15-24(23)34-5-2)27(32)31-30-16-19-13-22(29)26(25(14-19)33-3)36-17-18-6-9-21(28)10-7-18/h6-11,13-16H,4-5,12,17H2,1-3H3,(H,31,32)/b30-16+. The SMILES string of the molecule is CCCOc1ccc(C(=O)N/N=C/c2cc(I)c(OCc3ccc(F)cc3)c(OC)c2)cc1OCC. The van der Waals surface area contributed by atoms with Crippen molar-refractivity contribution < 1.29 is 28.1 Å². The average molecular weight is 606 g/mol. The molecule has 0 radical (unpaired) electrons. The van der Waals surface area contributed by atoms with Gasteiger partial charge in [-0.05, 0) is 89.5 Å². The Bertz CT molecular complexity index is 1200. The van der Waals surface area contributed by atoms with Crippen LogP contribution in [0.15, 0.2) is 59.7 Å². The lowest BCUT2D eigenvalue weighted by Gasteiger charge is -2.13. The van der Waals surface area contributed by atoms with Crippen LogP contribution in [-0.4, -0.2) is 32.4 Å². The van der Waals surface area contributed by atoms with Crippen LogP contribution in [0.2, 0.25) is 0 Å². The summed E-state index contributed by atoms with van der Waals surface area (Å²) >= 11 is 2.14. The van der Waals surface area contributed by atoms with E-state index < -0.39 is 0 Å². The third-order valence-electron chi connectivity index (χ3n) is 4.90. The molecule has 1 N–H and O–H groups in total. The number of hydrogen-bond acceptors (Lipinski definition) is 6. The van der Waals surface area contributed by atoms with E-state index in [1.807, 2.05) is 19.9 Å². The number of ether oxygens (including phenoxy) is 4. The van der Waals surface area contributed by atoms with Gasteiger partial charge in [0.15, 0.2) is 23.0 Å². The van der Waals surface area contributed by atoms with E-state index in [2.05, 4.69) is 33.1 Å². The van der Waals surface area contributed by atoms with E-state index in [9.17, 15) is 9.18 Å². The predicted octanol–water partition coefficient (Wildman–Crippen LogP) is 5.97. The zero-order chi connectivity index (χ0) is 25.9. The highest BCUT2D eigenvalue weighted by Crippen LogP contribution is 2.34. The van der Waals surface area contributed by atoms with Gasteiger partial charge in [0.2, 0.25) is 0 Å². The number of halogens is 2. The first kappa shape index (κ1) is 27.3. The molecule has 9 heteroatoms. The zero-order valence-corrected chi connectivity index (χ0v) is 22.5. The molecule has 36 heavy (non-hydrogen) atoms. The first-order valence-corrected chi connectivity index (χ1v) is 12.5. The number of carbonyl (C=O) groups is 1. The Hall–Kier alpha value is -3.34. The van der Waals surface area contributed by atoms with Gasteiger partial charge >= 0.3 is 0 Å². The highest BCUT2D eigenvalue weighted by atomic mass is 127. The molecular formula is C27H28FIN2O5. The van der Waals surface area contributed by atoms with Crippen molar-refractivity contribution in [2.24, 2.45) is 5.10 Å². The second kappa shape index (κ2) is 13.7. The molecule has 3 aromatic carbocycles. The highest BCUT2D eigenvalue weighted by Gasteiger charge is 2.13. The molecule has 0 aromatic heterocycles. The molecule has 190 valence electrons. The smallest absolute Gasteiger partial charge is 0.271 e. The van der Waals surface area contributed by atoms with Crippen molar-refractivity contribution in [3.8, 4) is 23.0 Å². The molecule has 0 aliphatic carbocycles. The van der Waals surface area contributed by atoms with E-state index in [1.165, 1.54) is 18.3 Å². The second-order valence-corrected chi connectivity index (χ2v) is 8.75. The molecule has 0 heterocycles. The van der Waals surface area contributed by atoms with Gasteiger partial charge in [-0.25, -0.2) is 9.82 Å². The summed E-state index contributed by atoms with van der Waals surface area (Å²) in [5, 5.41) is 4.08. The fourth-order valence-electron chi connectivity index (χ4n) is 3.17. The van der Waals surface area contributed by atoms with Crippen LogP contribution >= 0.6 is 22.6 Å². The molecule has 0 fully saturated rings. The van der Waals surface area contributed by atoms with E-state index in [-0.39, 0.29) is 18.3 Å². The minimum atomic E-state index is -0.379. The van der Waals surface area contributed by atoms with Crippen molar-refractivity contribution >= 4 is 34.7 Å². The monoisotopic (exact) mass is 606 g/mol. The van der Waals surface area contributed by atoms with Gasteiger partial charge in [-0.1, -0.05) is 19.1 Å². The normalized spacial score (nSPS) is 10.8. The van der Waals surface area contributed by atoms with Crippen LogP contribution in [0.1, 0.15) is 41.8 Å². The van der Waals surface area contributed by atoms with Gasteiger partial charge in [-0.2, -0.15) is 5.10 Å². The van der Waals surface area contributed by atoms with Crippen molar-refractivity contribution in [2.45, 2.75) is 26.9 Å². The summed E-state index contributed by atoms with van der Waals surface area (Å²) in [5.41, 5.74) is 4.48. The van der Waals surface area contributed by atoms with Crippen molar-refractivity contribution in [3.05, 3.63) is 80.7 Å². The van der Waals surface area contributed by atoms with Crippen LogP contribution in [-0.2, 0) is 6.61 Å². The lowest BCUT2D eigenvalue weighted by Crippen LogP contribution is -2.17. The number of benzene rings is 3. The second-order valence-electron chi connectivity index (χ2n) is 7.59. The van der Waals surface area contributed by atoms with Crippen LogP contribution in [0.3, 0.4) is 0 Å². The first-order valence-electron chi connectivity index (χ1n) is 11.4. The van der Waals surface area contributed by atoms with Crippen LogP contribution in [0.5, 0.6) is 23.0 Å². The molecule has 0 atom stereocenters. The maximum absolute atomic E-state index is 13.1. The Morgan fingerprint density at radius 3 is 2.47 bits per heavy atom. The summed E-state index contributed by atoms with van der Waals surface area (Å²) in [7, 11) is 1.54. The third-order valence-corrected chi connectivity index (χ3v) is 5.70. The summed E-state index contributed by atoms with van der Waals surface area (Å²) in [6, 6.07) is 14.7. The molecule has 3 rings (SSSR count). The zero-order valence-electron chi connectivity index (χ0n) is 20.3. The largest absolute Gasteiger partial charge is 0.493 e. The van der Waals surface area contributed by atoms with Crippen LogP contribution < -0.4 is 24.4 Å². The average Bonchev–Trinajstić information content (AvgIpc) is 2.88. The number of carbonyl (C=O) groups excluding carboxylic acids is 1. The number of nitrogens with one attached hydrogen (secondary N) is 1. The van der Waals surface area contributed by atoms with Crippen molar-refractivity contribution in [1.82, 2.24) is 5.43 Å². The lowest BCUT2D eigenvalue weighted by atomic mass is 10.2. The summed E-state index contributed by atoms with van der Waals surface area (Å²) in [6.07, 6.45) is 2.39. The van der Waals surface area contributed by atoms with E-state index in [4.69, 9.17) is 18.9 Å². The molecule has 0 bridgehead atoms. The highest BCUT2D eigenvalue weighted by molar-refractivity contribution is 14.1. The van der Waals surface area contributed by atoms with Gasteiger partial charge in [-0.15, -0.1) is 0 Å². The number of hydrazone groups is 1. The molecule has 0 spiro atoms. The fraction of sp³-hybridized carbons (Fsp3) is 0.259. The van der Waals surface area contributed by atoms with Gasteiger partial charge in [0, 0.05) is 5.56 Å². The summed E-state index contributed by atoms with van der Waals surface area (Å²) in [5.74, 6) is 1.52. The predicted molar refractivity (Wildman–Crippen MR) is 145 cm³/mol. The molecule has 0 saturated heterocycles. The summed E-state index contributed by atoms with van der Waals surface area (Å²) < 4.78 is 36.6. The van der Waals surface area contributed by atoms with Crippen LogP contribution in [0.4, 0.5) is 4.39 Å². The Kier molecular flexibility index (Phi) is 10.3. The minimum Gasteiger partial charge on any atom is -0.493 e. The molecule has 7 nitrogen and oxygen atoms in total. The van der Waals surface area contributed by atoms with Crippen molar-refractivity contribution in [1.29, 1.82) is 0 Å². The summed E-state index contributed by atoms with van der Waals surface area (Å²) in [4.78, 5) is 12.6. The Morgan fingerprint density at radius 1 is 1.00 bits per heavy atom. The van der Waals surface area contributed by atoms with Crippen LogP contribution in [0, 0.1) is 9.39 Å². The topological polar surface area (TPSA) is 78.4 Å². The Morgan fingerprint density at radius 2 is 1.78 bits per heavy atom. The van der Waals surface area contributed by atoms with Gasteiger partial charge < -0.3 is 18.9 Å². The van der Waals surface area contributed by atoms with Crippen molar-refractivity contribution in [3.63, 3.8) is 0 Å². The molecule has 0 saturated carbocycles. The molecule has 0 aliphatic rings. The van der Waals surface area contributed by atoms with Gasteiger partial charge in [0.1, 0.15) is 12.4 Å². The first-order chi connectivity index (χ1) is 17.4.